The molecule has 1 rings (SSSR count). The molecule has 0 aliphatic heterocycles. The summed E-state index contributed by atoms with van der Waals surface area (Å²) in [5.74, 6) is -0.425. The van der Waals surface area contributed by atoms with E-state index in [1.165, 1.54) is 6.08 Å². The van der Waals surface area contributed by atoms with E-state index in [0.717, 1.165) is 0 Å². The number of aliphatic hydroxyl groups excluding tert-OH is 1. The Hall–Kier alpha value is -1.61. The first kappa shape index (κ1) is 11.5. The molecule has 0 radical (unpaired) electrons. The molecule has 0 amide bonds. The molecule has 15 heavy (non-hydrogen) atoms. The van der Waals surface area contributed by atoms with Crippen molar-refractivity contribution in [1.82, 2.24) is 0 Å². The third-order valence-corrected chi connectivity index (χ3v) is 1.91. The van der Waals surface area contributed by atoms with E-state index in [1.807, 2.05) is 18.2 Å². The molecular weight excluding hydrogens is 192 g/mol. The fourth-order valence-electron chi connectivity index (χ4n) is 1.16. The first-order chi connectivity index (χ1) is 7.24. The SMILES string of the molecule is C=CCOC(=O)CC(O)c1ccccc1. The Morgan fingerprint density at radius 2 is 2.13 bits per heavy atom. The lowest BCUT2D eigenvalue weighted by molar-refractivity contribution is -0.144. The molecule has 0 saturated heterocycles. The summed E-state index contributed by atoms with van der Waals surface area (Å²) in [6.45, 7) is 3.61. The third kappa shape index (κ3) is 3.95. The van der Waals surface area contributed by atoms with Crippen LogP contribution in [0.25, 0.3) is 0 Å². The summed E-state index contributed by atoms with van der Waals surface area (Å²) in [6.07, 6.45) is 0.661. The van der Waals surface area contributed by atoms with Crippen LogP contribution in [-0.2, 0) is 9.53 Å². The van der Waals surface area contributed by atoms with Gasteiger partial charge in [0.15, 0.2) is 0 Å². The van der Waals surface area contributed by atoms with Crippen LogP contribution in [0.15, 0.2) is 43.0 Å². The zero-order valence-electron chi connectivity index (χ0n) is 8.43. The van der Waals surface area contributed by atoms with E-state index in [0.29, 0.717) is 5.56 Å². The Labute approximate surface area is 89.0 Å². The Bertz CT molecular complexity index is 319. The van der Waals surface area contributed by atoms with Crippen molar-refractivity contribution in [1.29, 1.82) is 0 Å². The zero-order valence-corrected chi connectivity index (χ0v) is 8.43. The number of hydrogen-bond acceptors (Lipinski definition) is 3. The molecule has 80 valence electrons. The van der Waals surface area contributed by atoms with E-state index in [4.69, 9.17) is 4.74 Å². The van der Waals surface area contributed by atoms with Crippen LogP contribution < -0.4 is 0 Å². The monoisotopic (exact) mass is 206 g/mol. The van der Waals surface area contributed by atoms with Crippen LogP contribution in [-0.4, -0.2) is 17.7 Å². The minimum atomic E-state index is -0.802. The standard InChI is InChI=1S/C12H14O3/c1-2-8-15-12(14)9-11(13)10-6-4-3-5-7-10/h2-7,11,13H,1,8-9H2. The highest BCUT2D eigenvalue weighted by Gasteiger charge is 2.12. The van der Waals surface area contributed by atoms with Gasteiger partial charge in [-0.3, -0.25) is 4.79 Å². The number of ether oxygens (including phenoxy) is 1. The highest BCUT2D eigenvalue weighted by molar-refractivity contribution is 5.70. The molecule has 0 saturated carbocycles. The maximum absolute atomic E-state index is 11.2. The van der Waals surface area contributed by atoms with Crippen molar-refractivity contribution in [2.24, 2.45) is 0 Å². The maximum atomic E-state index is 11.2. The van der Waals surface area contributed by atoms with Gasteiger partial charge in [-0.25, -0.2) is 0 Å². The number of benzene rings is 1. The van der Waals surface area contributed by atoms with Gasteiger partial charge in [0.05, 0.1) is 12.5 Å². The molecule has 3 nitrogen and oxygen atoms in total. The van der Waals surface area contributed by atoms with Crippen LogP contribution in [0, 0.1) is 0 Å². The van der Waals surface area contributed by atoms with Crippen LogP contribution in [0.4, 0.5) is 0 Å². The molecule has 1 N–H and O–H groups in total. The molecule has 0 fully saturated rings. The van der Waals surface area contributed by atoms with Crippen molar-refractivity contribution in [2.75, 3.05) is 6.61 Å². The minimum Gasteiger partial charge on any atom is -0.461 e. The van der Waals surface area contributed by atoms with E-state index in [1.54, 1.807) is 12.1 Å². The summed E-state index contributed by atoms with van der Waals surface area (Å²) in [6, 6.07) is 9.02. The summed E-state index contributed by atoms with van der Waals surface area (Å²) < 4.78 is 4.77. The van der Waals surface area contributed by atoms with E-state index in [9.17, 15) is 9.90 Å². The Morgan fingerprint density at radius 3 is 2.73 bits per heavy atom. The zero-order chi connectivity index (χ0) is 11.1. The van der Waals surface area contributed by atoms with Gasteiger partial charge in [0, 0.05) is 0 Å². The van der Waals surface area contributed by atoms with Crippen molar-refractivity contribution < 1.29 is 14.6 Å². The van der Waals surface area contributed by atoms with E-state index in [2.05, 4.69) is 6.58 Å². The normalized spacial score (nSPS) is 11.8. The molecular formula is C12H14O3. The number of aliphatic hydroxyl groups is 1. The Kier molecular flexibility index (Phi) is 4.57. The van der Waals surface area contributed by atoms with E-state index < -0.39 is 12.1 Å². The fourth-order valence-corrected chi connectivity index (χ4v) is 1.16. The third-order valence-electron chi connectivity index (χ3n) is 1.91. The van der Waals surface area contributed by atoms with Gasteiger partial charge in [0.1, 0.15) is 6.61 Å². The van der Waals surface area contributed by atoms with Crippen molar-refractivity contribution >= 4 is 5.97 Å². The van der Waals surface area contributed by atoms with Gasteiger partial charge in [-0.2, -0.15) is 0 Å². The molecule has 0 bridgehead atoms. The molecule has 0 heterocycles. The first-order valence-electron chi connectivity index (χ1n) is 4.73. The average molecular weight is 206 g/mol. The second-order valence-corrected chi connectivity index (χ2v) is 3.10. The number of carbonyl (C=O) groups excluding carboxylic acids is 1. The quantitative estimate of drug-likeness (QED) is 0.590. The first-order valence-corrected chi connectivity index (χ1v) is 4.73. The molecule has 1 unspecified atom stereocenters. The molecule has 1 atom stereocenters. The molecule has 1 aromatic rings. The predicted octanol–water partition coefficient (Wildman–Crippen LogP) is 1.84. The van der Waals surface area contributed by atoms with Crippen molar-refractivity contribution in [2.45, 2.75) is 12.5 Å². The lowest BCUT2D eigenvalue weighted by Gasteiger charge is -2.09. The predicted molar refractivity (Wildman–Crippen MR) is 57.2 cm³/mol. The number of hydrogen-bond donors (Lipinski definition) is 1. The second kappa shape index (κ2) is 5.98. The van der Waals surface area contributed by atoms with Crippen LogP contribution in [0.3, 0.4) is 0 Å². The number of carbonyl (C=O) groups is 1. The lowest BCUT2D eigenvalue weighted by Crippen LogP contribution is -2.10. The van der Waals surface area contributed by atoms with Crippen LogP contribution >= 0.6 is 0 Å². The van der Waals surface area contributed by atoms with Crippen LogP contribution in [0.5, 0.6) is 0 Å². The summed E-state index contributed by atoms with van der Waals surface area (Å²) in [5, 5.41) is 9.66. The molecule has 0 aliphatic rings. The lowest BCUT2D eigenvalue weighted by atomic mass is 10.1. The van der Waals surface area contributed by atoms with Gasteiger partial charge in [0.25, 0.3) is 0 Å². The van der Waals surface area contributed by atoms with Crippen LogP contribution in [0.2, 0.25) is 0 Å². The summed E-state index contributed by atoms with van der Waals surface area (Å²) in [4.78, 5) is 11.2. The van der Waals surface area contributed by atoms with Crippen molar-refractivity contribution in [3.8, 4) is 0 Å². The molecule has 0 aromatic heterocycles. The van der Waals surface area contributed by atoms with Gasteiger partial charge in [0.2, 0.25) is 0 Å². The Balaban J connectivity index is 2.45. The highest BCUT2D eigenvalue weighted by Crippen LogP contribution is 2.16. The van der Waals surface area contributed by atoms with Crippen molar-refractivity contribution in [3.63, 3.8) is 0 Å². The maximum Gasteiger partial charge on any atom is 0.309 e. The number of esters is 1. The molecule has 3 heteroatoms. The highest BCUT2D eigenvalue weighted by atomic mass is 16.5. The molecule has 1 aromatic carbocycles. The van der Waals surface area contributed by atoms with Gasteiger partial charge < -0.3 is 9.84 Å². The summed E-state index contributed by atoms with van der Waals surface area (Å²) >= 11 is 0. The van der Waals surface area contributed by atoms with Gasteiger partial charge >= 0.3 is 5.97 Å². The van der Waals surface area contributed by atoms with E-state index >= 15 is 0 Å². The molecule has 0 aliphatic carbocycles. The average Bonchev–Trinajstić information content (AvgIpc) is 2.27. The molecule has 0 spiro atoms. The number of rotatable bonds is 5. The topological polar surface area (TPSA) is 46.5 Å². The van der Waals surface area contributed by atoms with Crippen molar-refractivity contribution in [3.05, 3.63) is 48.6 Å². The van der Waals surface area contributed by atoms with Crippen LogP contribution in [0.1, 0.15) is 18.1 Å². The Morgan fingerprint density at radius 1 is 1.47 bits per heavy atom. The van der Waals surface area contributed by atoms with Gasteiger partial charge in [-0.1, -0.05) is 43.0 Å². The van der Waals surface area contributed by atoms with Gasteiger partial charge in [-0.05, 0) is 5.56 Å². The second-order valence-electron chi connectivity index (χ2n) is 3.10. The largest absolute Gasteiger partial charge is 0.461 e. The smallest absolute Gasteiger partial charge is 0.309 e. The fraction of sp³-hybridized carbons (Fsp3) is 0.250. The van der Waals surface area contributed by atoms with Gasteiger partial charge in [-0.15, -0.1) is 0 Å². The summed E-state index contributed by atoms with van der Waals surface area (Å²) in [5.41, 5.74) is 0.716. The van der Waals surface area contributed by atoms with E-state index in [-0.39, 0.29) is 13.0 Å². The minimum absolute atomic E-state index is 0.0299. The summed E-state index contributed by atoms with van der Waals surface area (Å²) in [7, 11) is 0.